The van der Waals surface area contributed by atoms with E-state index >= 15 is 0 Å². The Morgan fingerprint density at radius 2 is 1.77 bits per heavy atom. The molecule has 0 bridgehead atoms. The first kappa shape index (κ1) is 21.8. The highest BCUT2D eigenvalue weighted by Crippen LogP contribution is 2.27. The Labute approximate surface area is 173 Å². The second-order valence-electron chi connectivity index (χ2n) is 7.36. The van der Waals surface area contributed by atoms with Gasteiger partial charge in [-0.15, -0.1) is 0 Å². The summed E-state index contributed by atoms with van der Waals surface area (Å²) in [4.78, 5) is 13.3. The molecule has 0 aliphatic carbocycles. The van der Waals surface area contributed by atoms with Gasteiger partial charge in [0.1, 0.15) is 17.6 Å². The lowest BCUT2D eigenvalue weighted by atomic mass is 10.1. The summed E-state index contributed by atoms with van der Waals surface area (Å²) in [5, 5.41) is 2.84. The van der Waals surface area contributed by atoms with Gasteiger partial charge in [-0.1, -0.05) is 12.1 Å². The van der Waals surface area contributed by atoms with Gasteiger partial charge < -0.3 is 19.7 Å². The molecule has 162 valence electrons. The number of nitrogens with zero attached hydrogens (tertiary/aromatic N) is 1. The Morgan fingerprint density at radius 1 is 1.13 bits per heavy atom. The number of hydrogen-bond donors (Lipinski definition) is 1. The predicted octanol–water partition coefficient (Wildman–Crippen LogP) is 4.48. The molecule has 8 heteroatoms. The van der Waals surface area contributed by atoms with E-state index in [4.69, 9.17) is 9.47 Å². The highest BCUT2D eigenvalue weighted by molar-refractivity contribution is 5.73. The number of rotatable bonds is 7. The van der Waals surface area contributed by atoms with Gasteiger partial charge >= 0.3 is 6.18 Å². The second-order valence-corrected chi connectivity index (χ2v) is 7.36. The molecule has 2 aromatic rings. The third-order valence-electron chi connectivity index (χ3n) is 4.85. The number of ether oxygens (including phenoxy) is 2. The fourth-order valence-corrected chi connectivity index (χ4v) is 3.39. The molecule has 1 saturated heterocycles. The summed E-state index contributed by atoms with van der Waals surface area (Å²) in [5.41, 5.74) is 1.92. The quantitative estimate of drug-likeness (QED) is 0.715. The molecule has 1 aliphatic rings. The third-order valence-corrected chi connectivity index (χ3v) is 4.85. The lowest BCUT2D eigenvalue weighted by Crippen LogP contribution is -2.24. The molecule has 1 amide bonds. The van der Waals surface area contributed by atoms with Gasteiger partial charge in [0.2, 0.25) is 5.91 Å². The minimum atomic E-state index is -4.35. The number of nitrogens with one attached hydrogen (secondary N) is 1. The van der Waals surface area contributed by atoms with E-state index in [9.17, 15) is 18.0 Å². The fourth-order valence-electron chi connectivity index (χ4n) is 3.39. The first-order valence-corrected chi connectivity index (χ1v) is 9.78. The van der Waals surface area contributed by atoms with Crippen LogP contribution < -0.4 is 19.7 Å². The van der Waals surface area contributed by atoms with E-state index < -0.39 is 12.8 Å². The topological polar surface area (TPSA) is 50.8 Å². The van der Waals surface area contributed by atoms with Crippen LogP contribution in [0.4, 0.5) is 18.9 Å². The van der Waals surface area contributed by atoms with Crippen molar-refractivity contribution in [1.29, 1.82) is 0 Å². The summed E-state index contributed by atoms with van der Waals surface area (Å²) in [5.74, 6) is 0.877. The lowest BCUT2D eigenvalue weighted by Gasteiger charge is -2.20. The zero-order valence-electron chi connectivity index (χ0n) is 16.9. The van der Waals surface area contributed by atoms with E-state index in [1.807, 2.05) is 31.2 Å². The van der Waals surface area contributed by atoms with Crippen molar-refractivity contribution in [1.82, 2.24) is 5.32 Å². The smallest absolute Gasteiger partial charge is 0.422 e. The number of alkyl halides is 3. The average molecular weight is 422 g/mol. The van der Waals surface area contributed by atoms with E-state index in [2.05, 4.69) is 10.2 Å². The summed E-state index contributed by atoms with van der Waals surface area (Å²) in [6.45, 7) is 3.60. The Balaban J connectivity index is 1.51. The van der Waals surface area contributed by atoms with Gasteiger partial charge in [-0.05, 0) is 48.9 Å². The number of anilines is 1. The molecule has 2 aromatic carbocycles. The van der Waals surface area contributed by atoms with Crippen molar-refractivity contribution in [3.63, 3.8) is 0 Å². The van der Waals surface area contributed by atoms with E-state index in [0.29, 0.717) is 6.54 Å². The van der Waals surface area contributed by atoms with Crippen LogP contribution in [0.5, 0.6) is 11.5 Å². The summed E-state index contributed by atoms with van der Waals surface area (Å²) in [6.07, 6.45) is -3.49. The first-order chi connectivity index (χ1) is 14.2. The third kappa shape index (κ3) is 6.30. The Bertz CT molecular complexity index is 838. The molecule has 0 radical (unpaired) electrons. The zero-order valence-corrected chi connectivity index (χ0v) is 16.9. The molecule has 1 N–H and O–H groups in total. The molecular formula is C22H25F3N2O3. The van der Waals surface area contributed by atoms with Crippen LogP contribution in [0.3, 0.4) is 0 Å². The normalized spacial score (nSPS) is 17.5. The van der Waals surface area contributed by atoms with Gasteiger partial charge in [0.05, 0.1) is 12.6 Å². The summed E-state index contributed by atoms with van der Waals surface area (Å²) < 4.78 is 47.5. The van der Waals surface area contributed by atoms with E-state index in [1.54, 1.807) is 24.3 Å². The highest BCUT2D eigenvalue weighted by atomic mass is 19.4. The van der Waals surface area contributed by atoms with E-state index in [0.717, 1.165) is 30.0 Å². The fraction of sp³-hybridized carbons (Fsp3) is 0.409. The molecule has 1 unspecified atom stereocenters. The molecule has 0 saturated carbocycles. The Hall–Kier alpha value is -2.90. The van der Waals surface area contributed by atoms with Crippen molar-refractivity contribution in [2.75, 3.05) is 24.6 Å². The van der Waals surface area contributed by atoms with Crippen LogP contribution in [0.2, 0.25) is 0 Å². The average Bonchev–Trinajstić information content (AvgIpc) is 3.15. The maximum atomic E-state index is 12.2. The minimum Gasteiger partial charge on any atom is -0.489 e. The van der Waals surface area contributed by atoms with Gasteiger partial charge in [-0.3, -0.25) is 4.79 Å². The van der Waals surface area contributed by atoms with E-state index in [-0.39, 0.29) is 23.8 Å². The van der Waals surface area contributed by atoms with Crippen LogP contribution in [0.1, 0.15) is 31.9 Å². The second kappa shape index (κ2) is 9.28. The van der Waals surface area contributed by atoms with Crippen molar-refractivity contribution in [3.8, 4) is 11.5 Å². The summed E-state index contributed by atoms with van der Waals surface area (Å²) >= 11 is 0. The lowest BCUT2D eigenvalue weighted by molar-refractivity contribution is -0.153. The molecule has 2 atom stereocenters. The van der Waals surface area contributed by atoms with E-state index in [1.165, 1.54) is 6.92 Å². The van der Waals surface area contributed by atoms with Gasteiger partial charge in [0.15, 0.2) is 6.61 Å². The first-order valence-electron chi connectivity index (χ1n) is 9.78. The minimum absolute atomic E-state index is 0.0183. The summed E-state index contributed by atoms with van der Waals surface area (Å²) in [6, 6.07) is 14.2. The number of carbonyl (C=O) groups is 1. The Kier molecular flexibility index (Phi) is 6.74. The van der Waals surface area contributed by atoms with Gasteiger partial charge in [0.25, 0.3) is 0 Å². The number of carbonyl (C=O) groups excluding carboxylic acids is 1. The highest BCUT2D eigenvalue weighted by Gasteiger charge is 2.28. The van der Waals surface area contributed by atoms with Crippen LogP contribution in [0.25, 0.3) is 0 Å². The van der Waals surface area contributed by atoms with Crippen LogP contribution in [-0.4, -0.2) is 37.9 Å². The predicted molar refractivity (Wildman–Crippen MR) is 108 cm³/mol. The van der Waals surface area contributed by atoms with Gasteiger partial charge in [-0.25, -0.2) is 0 Å². The number of hydrogen-bond acceptors (Lipinski definition) is 4. The number of amides is 1. The largest absolute Gasteiger partial charge is 0.489 e. The Morgan fingerprint density at radius 3 is 2.37 bits per heavy atom. The molecule has 0 aromatic heterocycles. The molecular weight excluding hydrogens is 397 g/mol. The van der Waals surface area contributed by atoms with Crippen molar-refractivity contribution in [2.45, 2.75) is 38.6 Å². The molecule has 30 heavy (non-hydrogen) atoms. The zero-order chi connectivity index (χ0) is 21.7. The maximum Gasteiger partial charge on any atom is 0.422 e. The summed E-state index contributed by atoms with van der Waals surface area (Å²) in [7, 11) is 0. The number of benzene rings is 2. The molecule has 5 nitrogen and oxygen atoms in total. The monoisotopic (exact) mass is 422 g/mol. The van der Waals surface area contributed by atoms with Crippen molar-refractivity contribution < 1.29 is 27.4 Å². The molecule has 1 aliphatic heterocycles. The van der Waals surface area contributed by atoms with Crippen LogP contribution in [0, 0.1) is 0 Å². The van der Waals surface area contributed by atoms with Gasteiger partial charge in [-0.2, -0.15) is 13.2 Å². The van der Waals surface area contributed by atoms with Crippen molar-refractivity contribution >= 4 is 11.6 Å². The van der Waals surface area contributed by atoms with Crippen molar-refractivity contribution in [3.05, 3.63) is 54.1 Å². The maximum absolute atomic E-state index is 12.2. The molecule has 1 heterocycles. The standard InChI is InChI=1S/C22H25F3N2O3/c1-15(26-16(2)28)17-3-7-20(8-4-17)30-21-11-12-27(13-21)18-5-9-19(10-6-18)29-14-22(23,24)25/h3-10,15,21H,11-14H2,1-2H3,(H,26,28)/t15-,21?/m0/s1. The molecule has 1 fully saturated rings. The molecule has 0 spiro atoms. The SMILES string of the molecule is CC(=O)N[C@@H](C)c1ccc(OC2CCN(c3ccc(OCC(F)(F)F)cc3)C2)cc1. The number of halogens is 3. The van der Waals surface area contributed by atoms with Crippen LogP contribution >= 0.6 is 0 Å². The van der Waals surface area contributed by atoms with Crippen LogP contribution in [0.15, 0.2) is 48.5 Å². The van der Waals surface area contributed by atoms with Gasteiger partial charge in [0, 0.05) is 25.6 Å². The van der Waals surface area contributed by atoms with Crippen molar-refractivity contribution in [2.24, 2.45) is 0 Å². The molecule has 3 rings (SSSR count). The van der Waals surface area contributed by atoms with Crippen LogP contribution in [-0.2, 0) is 4.79 Å².